The number of nitrogens with zero attached hydrogens (tertiary/aromatic N) is 1. The summed E-state index contributed by atoms with van der Waals surface area (Å²) in [5, 5.41) is 2.92. The lowest BCUT2D eigenvalue weighted by molar-refractivity contribution is 0.0979. The van der Waals surface area contributed by atoms with Crippen LogP contribution in [0.4, 0.5) is 13.6 Å². The molecule has 1 aromatic rings. The second-order valence-electron chi connectivity index (χ2n) is 5.78. The number of amides is 2. The van der Waals surface area contributed by atoms with Gasteiger partial charge in [0, 0.05) is 19.7 Å². The minimum absolute atomic E-state index is 0.210. The van der Waals surface area contributed by atoms with Crippen LogP contribution in [0, 0.1) is 11.6 Å². The fraction of sp³-hybridized carbons (Fsp3) is 0.471. The first-order valence-corrected chi connectivity index (χ1v) is 7.68. The Morgan fingerprint density at radius 2 is 2.17 bits per heavy atom. The molecule has 1 N–H and O–H groups in total. The summed E-state index contributed by atoms with van der Waals surface area (Å²) in [6.45, 7) is 9.06. The number of likely N-dealkylation sites (N-methyl/N-ethyl adjacent to an activating group) is 1. The van der Waals surface area contributed by atoms with Gasteiger partial charge in [0.15, 0.2) is 11.6 Å². The molecule has 23 heavy (non-hydrogen) atoms. The summed E-state index contributed by atoms with van der Waals surface area (Å²) in [6.07, 6.45) is 0.151. The zero-order valence-corrected chi connectivity index (χ0v) is 13.4. The third kappa shape index (κ3) is 4.28. The molecule has 0 aromatic heterocycles. The first kappa shape index (κ1) is 17.4. The Morgan fingerprint density at radius 1 is 1.43 bits per heavy atom. The molecule has 0 bridgehead atoms. The van der Waals surface area contributed by atoms with Gasteiger partial charge in [-0.3, -0.25) is 0 Å². The van der Waals surface area contributed by atoms with Crippen LogP contribution >= 0.6 is 0 Å². The van der Waals surface area contributed by atoms with Gasteiger partial charge in [-0.15, -0.1) is 0 Å². The van der Waals surface area contributed by atoms with Gasteiger partial charge in [-0.05, 0) is 38.0 Å². The zero-order chi connectivity index (χ0) is 17.0. The predicted octanol–water partition coefficient (Wildman–Crippen LogP) is 3.40. The second-order valence-corrected chi connectivity index (χ2v) is 5.78. The summed E-state index contributed by atoms with van der Waals surface area (Å²) >= 11 is 0. The maximum atomic E-state index is 13.4. The molecular weight excluding hydrogens is 302 g/mol. The van der Waals surface area contributed by atoms with Crippen LogP contribution in [0.5, 0.6) is 0 Å². The molecule has 0 unspecified atom stereocenters. The van der Waals surface area contributed by atoms with E-state index in [0.717, 1.165) is 17.7 Å². The molecule has 2 amide bonds. The molecule has 126 valence electrons. The van der Waals surface area contributed by atoms with Crippen LogP contribution in [0.3, 0.4) is 0 Å². The number of nitrogens with one attached hydrogen (secondary N) is 1. The Balaban J connectivity index is 2.07. The summed E-state index contributed by atoms with van der Waals surface area (Å²) in [6, 6.07) is 3.20. The molecule has 1 saturated heterocycles. The maximum absolute atomic E-state index is 13.4. The van der Waals surface area contributed by atoms with Crippen molar-refractivity contribution in [1.29, 1.82) is 0 Å². The fourth-order valence-corrected chi connectivity index (χ4v) is 2.66. The minimum atomic E-state index is -0.916. The number of halogens is 2. The van der Waals surface area contributed by atoms with E-state index in [4.69, 9.17) is 4.74 Å². The number of hydrogen-bond donors (Lipinski definition) is 1. The molecule has 2 rings (SSSR count). The molecule has 0 spiro atoms. The average molecular weight is 324 g/mol. The first-order chi connectivity index (χ1) is 10.9. The molecule has 4 nitrogen and oxygen atoms in total. The highest BCUT2D eigenvalue weighted by molar-refractivity contribution is 5.75. The highest BCUT2D eigenvalue weighted by Gasteiger charge is 2.32. The Hall–Kier alpha value is -1.95. The smallest absolute Gasteiger partial charge is 0.317 e. The van der Waals surface area contributed by atoms with Crippen molar-refractivity contribution in [2.45, 2.75) is 32.4 Å². The molecule has 1 aliphatic rings. The molecule has 1 aromatic carbocycles. The van der Waals surface area contributed by atoms with Crippen LogP contribution in [0.25, 0.3) is 0 Å². The Kier molecular flexibility index (Phi) is 5.71. The first-order valence-electron chi connectivity index (χ1n) is 7.68. The van der Waals surface area contributed by atoms with E-state index in [1.807, 2.05) is 13.8 Å². The van der Waals surface area contributed by atoms with Gasteiger partial charge < -0.3 is 15.0 Å². The number of ether oxygens (including phenoxy) is 1. The lowest BCUT2D eigenvalue weighted by atomic mass is 10.0. The normalized spacial score (nSPS) is 20.3. The van der Waals surface area contributed by atoms with Crippen LogP contribution in [-0.2, 0) is 4.74 Å². The molecule has 0 radical (unpaired) electrons. The van der Waals surface area contributed by atoms with Gasteiger partial charge in [0.05, 0.1) is 6.04 Å². The number of carbonyl (C=O) groups is 1. The number of benzene rings is 1. The van der Waals surface area contributed by atoms with Crippen molar-refractivity contribution in [3.05, 3.63) is 47.5 Å². The Labute approximate surface area is 135 Å². The van der Waals surface area contributed by atoms with E-state index in [0.29, 0.717) is 31.7 Å². The van der Waals surface area contributed by atoms with Crippen LogP contribution in [-0.4, -0.2) is 36.7 Å². The summed E-state index contributed by atoms with van der Waals surface area (Å²) in [7, 11) is 0. The van der Waals surface area contributed by atoms with Crippen LogP contribution < -0.4 is 5.32 Å². The lowest BCUT2D eigenvalue weighted by Gasteiger charge is -2.26. The summed E-state index contributed by atoms with van der Waals surface area (Å²) in [5.74, 6) is -1.81. The predicted molar refractivity (Wildman–Crippen MR) is 84.0 cm³/mol. The molecule has 0 saturated carbocycles. The monoisotopic (exact) mass is 324 g/mol. The molecule has 6 heteroatoms. The highest BCUT2D eigenvalue weighted by atomic mass is 19.2. The summed E-state index contributed by atoms with van der Waals surface area (Å²) in [5.41, 5.74) is 1.41. The summed E-state index contributed by atoms with van der Waals surface area (Å²) in [4.78, 5) is 14.0. The molecule has 1 heterocycles. The summed E-state index contributed by atoms with van der Waals surface area (Å²) < 4.78 is 32.1. The van der Waals surface area contributed by atoms with Gasteiger partial charge in [-0.25, -0.2) is 13.6 Å². The number of rotatable bonds is 5. The van der Waals surface area contributed by atoms with E-state index in [-0.39, 0.29) is 12.1 Å². The number of hydrogen-bond acceptors (Lipinski definition) is 2. The molecule has 2 atom stereocenters. The van der Waals surface area contributed by atoms with Crippen LogP contribution in [0.15, 0.2) is 30.4 Å². The van der Waals surface area contributed by atoms with E-state index in [2.05, 4.69) is 11.9 Å². The van der Waals surface area contributed by atoms with Gasteiger partial charge in [0.25, 0.3) is 0 Å². The van der Waals surface area contributed by atoms with Crippen molar-refractivity contribution < 1.29 is 18.3 Å². The maximum Gasteiger partial charge on any atom is 0.317 e. The van der Waals surface area contributed by atoms with Crippen molar-refractivity contribution in [3.63, 3.8) is 0 Å². The van der Waals surface area contributed by atoms with E-state index in [9.17, 15) is 13.6 Å². The quantitative estimate of drug-likeness (QED) is 0.844. The standard InChI is InChI=1S/C17H22F2N2O2/c1-4-21(10-11(2)3)17(22)20-15-7-8-23-16(15)12-5-6-13(18)14(19)9-12/h5-6,9,15-16H,2,4,7-8,10H2,1,3H3,(H,20,22)/t15-,16-/m1/s1. The van der Waals surface area contributed by atoms with E-state index in [1.165, 1.54) is 6.07 Å². The van der Waals surface area contributed by atoms with Gasteiger partial charge >= 0.3 is 6.03 Å². The largest absolute Gasteiger partial charge is 0.371 e. The second kappa shape index (κ2) is 7.55. The van der Waals surface area contributed by atoms with Crippen molar-refractivity contribution in [2.75, 3.05) is 19.7 Å². The molecule has 1 fully saturated rings. The van der Waals surface area contributed by atoms with Gasteiger partial charge in [0.2, 0.25) is 0 Å². The van der Waals surface area contributed by atoms with E-state index in [1.54, 1.807) is 4.90 Å². The molecule has 0 aliphatic carbocycles. The lowest BCUT2D eigenvalue weighted by Crippen LogP contribution is -2.46. The van der Waals surface area contributed by atoms with Crippen molar-refractivity contribution in [1.82, 2.24) is 10.2 Å². The SMILES string of the molecule is C=C(C)CN(CC)C(=O)N[C@@H]1CCO[C@@H]1c1ccc(F)c(F)c1. The number of carbonyl (C=O) groups excluding carboxylic acids is 1. The Bertz CT molecular complexity index is 592. The highest BCUT2D eigenvalue weighted by Crippen LogP contribution is 2.30. The topological polar surface area (TPSA) is 41.6 Å². The fourth-order valence-electron chi connectivity index (χ4n) is 2.66. The molecular formula is C17H22F2N2O2. The van der Waals surface area contributed by atoms with E-state index < -0.39 is 17.7 Å². The van der Waals surface area contributed by atoms with Crippen LogP contribution in [0.2, 0.25) is 0 Å². The van der Waals surface area contributed by atoms with Crippen molar-refractivity contribution >= 4 is 6.03 Å². The van der Waals surface area contributed by atoms with Crippen molar-refractivity contribution in [3.8, 4) is 0 Å². The third-order valence-electron chi connectivity index (χ3n) is 3.80. The van der Waals surface area contributed by atoms with E-state index >= 15 is 0 Å². The average Bonchev–Trinajstić information content (AvgIpc) is 2.95. The Morgan fingerprint density at radius 3 is 2.78 bits per heavy atom. The van der Waals surface area contributed by atoms with Gasteiger partial charge in [-0.2, -0.15) is 0 Å². The van der Waals surface area contributed by atoms with Crippen molar-refractivity contribution in [2.24, 2.45) is 0 Å². The van der Waals surface area contributed by atoms with Crippen LogP contribution in [0.1, 0.15) is 31.9 Å². The third-order valence-corrected chi connectivity index (χ3v) is 3.80. The minimum Gasteiger partial charge on any atom is -0.371 e. The van der Waals surface area contributed by atoms with Gasteiger partial charge in [-0.1, -0.05) is 18.2 Å². The zero-order valence-electron chi connectivity index (χ0n) is 13.4. The molecule has 1 aliphatic heterocycles. The number of urea groups is 1. The van der Waals surface area contributed by atoms with Gasteiger partial charge in [0.1, 0.15) is 6.10 Å².